The van der Waals surface area contributed by atoms with E-state index in [4.69, 9.17) is 17.0 Å². The lowest BCUT2D eigenvalue weighted by molar-refractivity contribution is 0.127. The number of aliphatic hydroxyl groups is 1. The van der Waals surface area contributed by atoms with Crippen molar-refractivity contribution in [3.63, 3.8) is 0 Å². The molecule has 114 valence electrons. The van der Waals surface area contributed by atoms with E-state index in [9.17, 15) is 5.11 Å². The van der Waals surface area contributed by atoms with Gasteiger partial charge >= 0.3 is 0 Å². The minimum absolute atomic E-state index is 0.0741. The SMILES string of the molecule is CCCn1c(CO)nn(CN2CCOCCC2C)c1=S. The molecule has 1 aliphatic rings. The van der Waals surface area contributed by atoms with Crippen LogP contribution < -0.4 is 0 Å². The standard InChI is InChI=1S/C13H24N4O2S/c1-3-5-16-12(9-18)14-17(13(16)20)10-15-6-8-19-7-4-11(15)2/h11,18H,3-10H2,1-2H3. The quantitative estimate of drug-likeness (QED) is 0.833. The van der Waals surface area contributed by atoms with E-state index in [0.29, 0.717) is 23.3 Å². The van der Waals surface area contributed by atoms with Crippen LogP contribution in [0.2, 0.25) is 0 Å². The van der Waals surface area contributed by atoms with Crippen LogP contribution in [-0.2, 0) is 24.6 Å². The minimum atomic E-state index is -0.0741. The van der Waals surface area contributed by atoms with E-state index >= 15 is 0 Å². The van der Waals surface area contributed by atoms with Crippen LogP contribution in [0.25, 0.3) is 0 Å². The lowest BCUT2D eigenvalue weighted by Crippen LogP contribution is -2.36. The predicted molar refractivity (Wildman–Crippen MR) is 78.9 cm³/mol. The van der Waals surface area contributed by atoms with E-state index in [1.54, 1.807) is 0 Å². The summed E-state index contributed by atoms with van der Waals surface area (Å²) in [5.41, 5.74) is 0. The molecule has 1 atom stereocenters. The molecule has 0 amide bonds. The van der Waals surface area contributed by atoms with Crippen LogP contribution in [0, 0.1) is 4.77 Å². The Kier molecular flexibility index (Phi) is 5.71. The van der Waals surface area contributed by atoms with Crippen molar-refractivity contribution in [2.24, 2.45) is 0 Å². The summed E-state index contributed by atoms with van der Waals surface area (Å²) < 4.78 is 9.94. The van der Waals surface area contributed by atoms with Gasteiger partial charge in [0.15, 0.2) is 10.6 Å². The molecule has 1 aromatic rings. The molecule has 1 aromatic heterocycles. The van der Waals surface area contributed by atoms with E-state index in [-0.39, 0.29) is 6.61 Å². The number of aromatic nitrogens is 3. The zero-order valence-electron chi connectivity index (χ0n) is 12.3. The fourth-order valence-corrected chi connectivity index (χ4v) is 2.76. The molecule has 0 saturated carbocycles. The number of hydrogen-bond donors (Lipinski definition) is 1. The van der Waals surface area contributed by atoms with Crippen LogP contribution in [0.4, 0.5) is 0 Å². The topological polar surface area (TPSA) is 55.5 Å². The van der Waals surface area contributed by atoms with E-state index < -0.39 is 0 Å². The smallest absolute Gasteiger partial charge is 0.199 e. The summed E-state index contributed by atoms with van der Waals surface area (Å²) in [5.74, 6) is 0.649. The summed E-state index contributed by atoms with van der Waals surface area (Å²) in [4.78, 5) is 2.33. The maximum Gasteiger partial charge on any atom is 0.199 e. The van der Waals surface area contributed by atoms with Gasteiger partial charge in [-0.2, -0.15) is 5.10 Å². The van der Waals surface area contributed by atoms with Crippen molar-refractivity contribution < 1.29 is 9.84 Å². The lowest BCUT2D eigenvalue weighted by atomic mass is 10.2. The third-order valence-electron chi connectivity index (χ3n) is 3.73. The van der Waals surface area contributed by atoms with E-state index in [0.717, 1.165) is 39.1 Å². The number of ether oxygens (including phenoxy) is 1. The highest BCUT2D eigenvalue weighted by atomic mass is 32.1. The molecule has 1 fully saturated rings. The molecule has 0 bridgehead atoms. The highest BCUT2D eigenvalue weighted by Gasteiger charge is 2.19. The Morgan fingerprint density at radius 1 is 1.45 bits per heavy atom. The van der Waals surface area contributed by atoms with Gasteiger partial charge in [0.25, 0.3) is 0 Å². The average Bonchev–Trinajstić information content (AvgIpc) is 2.60. The lowest BCUT2D eigenvalue weighted by Gasteiger charge is -2.25. The Bertz CT molecular complexity index is 485. The van der Waals surface area contributed by atoms with Gasteiger partial charge in [0, 0.05) is 25.7 Å². The zero-order valence-corrected chi connectivity index (χ0v) is 13.1. The fourth-order valence-electron chi connectivity index (χ4n) is 2.47. The normalized spacial score (nSPS) is 21.1. The van der Waals surface area contributed by atoms with Crippen molar-refractivity contribution in [3.8, 4) is 0 Å². The molecule has 1 aliphatic heterocycles. The molecule has 0 radical (unpaired) electrons. The third kappa shape index (κ3) is 3.46. The molecule has 6 nitrogen and oxygen atoms in total. The molecular formula is C13H24N4O2S. The summed E-state index contributed by atoms with van der Waals surface area (Å²) in [7, 11) is 0. The fraction of sp³-hybridized carbons (Fsp3) is 0.846. The van der Waals surface area contributed by atoms with Crippen LogP contribution in [0.15, 0.2) is 0 Å². The van der Waals surface area contributed by atoms with E-state index in [1.165, 1.54) is 0 Å². The van der Waals surface area contributed by atoms with E-state index in [2.05, 4.69) is 23.8 Å². The Hall–Kier alpha value is -0.760. The highest BCUT2D eigenvalue weighted by Crippen LogP contribution is 2.11. The van der Waals surface area contributed by atoms with Crippen LogP contribution in [0.1, 0.15) is 32.5 Å². The van der Waals surface area contributed by atoms with Crippen molar-refractivity contribution >= 4 is 12.2 Å². The first-order chi connectivity index (χ1) is 9.67. The summed E-state index contributed by atoms with van der Waals surface area (Å²) in [5, 5.41) is 13.9. The molecule has 2 rings (SSSR count). The molecule has 0 aliphatic carbocycles. The third-order valence-corrected chi connectivity index (χ3v) is 4.16. The Balaban J connectivity index is 2.18. The molecule has 1 saturated heterocycles. The van der Waals surface area contributed by atoms with Gasteiger partial charge in [0.2, 0.25) is 0 Å². The maximum atomic E-state index is 9.41. The predicted octanol–water partition coefficient (Wildman–Crippen LogP) is 1.38. The number of aliphatic hydroxyl groups excluding tert-OH is 1. The summed E-state index contributed by atoms with van der Waals surface area (Å²) in [6.07, 6.45) is 2.00. The Labute approximate surface area is 125 Å². The summed E-state index contributed by atoms with van der Waals surface area (Å²) >= 11 is 5.48. The van der Waals surface area contributed by atoms with Gasteiger partial charge in [-0.25, -0.2) is 4.68 Å². The molecule has 0 spiro atoms. The molecule has 2 heterocycles. The van der Waals surface area contributed by atoms with Crippen LogP contribution >= 0.6 is 12.2 Å². The van der Waals surface area contributed by atoms with Gasteiger partial charge in [-0.1, -0.05) is 6.92 Å². The summed E-state index contributed by atoms with van der Waals surface area (Å²) in [6.45, 7) is 8.13. The van der Waals surface area contributed by atoms with Crippen molar-refractivity contribution in [2.75, 3.05) is 19.8 Å². The van der Waals surface area contributed by atoms with Gasteiger partial charge < -0.3 is 14.4 Å². The average molecular weight is 300 g/mol. The van der Waals surface area contributed by atoms with Crippen molar-refractivity contribution in [2.45, 2.75) is 52.6 Å². The molecule has 0 aromatic carbocycles. The summed E-state index contributed by atoms with van der Waals surface area (Å²) in [6, 6.07) is 0.452. The first kappa shape index (κ1) is 15.6. The second kappa shape index (κ2) is 7.31. The largest absolute Gasteiger partial charge is 0.388 e. The van der Waals surface area contributed by atoms with Gasteiger partial charge in [-0.15, -0.1) is 0 Å². The van der Waals surface area contributed by atoms with Crippen LogP contribution in [0.3, 0.4) is 0 Å². The highest BCUT2D eigenvalue weighted by molar-refractivity contribution is 7.71. The first-order valence-corrected chi connectivity index (χ1v) is 7.67. The van der Waals surface area contributed by atoms with E-state index in [1.807, 2.05) is 9.25 Å². The monoisotopic (exact) mass is 300 g/mol. The first-order valence-electron chi connectivity index (χ1n) is 7.26. The maximum absolute atomic E-state index is 9.41. The number of hydrogen-bond acceptors (Lipinski definition) is 5. The van der Waals surface area contributed by atoms with Crippen molar-refractivity contribution in [1.29, 1.82) is 0 Å². The van der Waals surface area contributed by atoms with Crippen molar-refractivity contribution in [1.82, 2.24) is 19.2 Å². The van der Waals surface area contributed by atoms with Crippen LogP contribution in [0.5, 0.6) is 0 Å². The Morgan fingerprint density at radius 3 is 2.95 bits per heavy atom. The van der Waals surface area contributed by atoms with Crippen LogP contribution in [-0.4, -0.2) is 50.2 Å². The molecule has 1 N–H and O–H groups in total. The zero-order chi connectivity index (χ0) is 14.5. The van der Waals surface area contributed by atoms with Crippen molar-refractivity contribution in [3.05, 3.63) is 10.6 Å². The van der Waals surface area contributed by atoms with Gasteiger partial charge in [0.05, 0.1) is 13.3 Å². The molecule has 7 heteroatoms. The van der Waals surface area contributed by atoms with Gasteiger partial charge in [-0.3, -0.25) is 4.90 Å². The number of rotatable bonds is 5. The van der Waals surface area contributed by atoms with Gasteiger partial charge in [0.1, 0.15) is 6.61 Å². The second-order valence-electron chi connectivity index (χ2n) is 5.21. The number of nitrogens with zero attached hydrogens (tertiary/aromatic N) is 4. The Morgan fingerprint density at radius 2 is 2.25 bits per heavy atom. The minimum Gasteiger partial charge on any atom is -0.388 e. The van der Waals surface area contributed by atoms with Gasteiger partial charge in [-0.05, 0) is 32.0 Å². The molecule has 1 unspecified atom stereocenters. The second-order valence-corrected chi connectivity index (χ2v) is 5.58. The molecule has 20 heavy (non-hydrogen) atoms. The molecular weight excluding hydrogens is 276 g/mol.